The number of rotatable bonds is 7. The van der Waals surface area contributed by atoms with Crippen LogP contribution in [0.1, 0.15) is 56.7 Å². The van der Waals surface area contributed by atoms with Gasteiger partial charge in [0, 0.05) is 24.1 Å². The SMILES string of the molecule is CCCCOc1ccc(/C=C/[C@@]23NC(=O)CCN2c2ccc(C)cc2C3(C)C)cc1OC. The Kier molecular flexibility index (Phi) is 5.93. The molecule has 0 aliphatic carbocycles. The Labute approximate surface area is 191 Å². The number of hydrogen-bond acceptors (Lipinski definition) is 4. The molecule has 2 heterocycles. The van der Waals surface area contributed by atoms with E-state index in [-0.39, 0.29) is 11.3 Å². The number of fused-ring (bicyclic) bond motifs is 3. The van der Waals surface area contributed by atoms with E-state index in [1.165, 1.54) is 16.8 Å². The van der Waals surface area contributed by atoms with Crippen LogP contribution in [0.3, 0.4) is 0 Å². The van der Waals surface area contributed by atoms with Gasteiger partial charge in [0.15, 0.2) is 11.5 Å². The van der Waals surface area contributed by atoms with Gasteiger partial charge in [0.1, 0.15) is 5.66 Å². The molecule has 1 saturated heterocycles. The monoisotopic (exact) mass is 434 g/mol. The topological polar surface area (TPSA) is 50.8 Å². The Morgan fingerprint density at radius 1 is 1.16 bits per heavy atom. The van der Waals surface area contributed by atoms with Gasteiger partial charge in [-0.05, 0) is 48.7 Å². The van der Waals surface area contributed by atoms with Crippen LogP contribution in [0.4, 0.5) is 5.69 Å². The Balaban J connectivity index is 1.70. The second-order valence-electron chi connectivity index (χ2n) is 9.31. The first-order valence-corrected chi connectivity index (χ1v) is 11.5. The summed E-state index contributed by atoms with van der Waals surface area (Å²) in [7, 11) is 1.66. The number of aryl methyl sites for hydroxylation is 1. The van der Waals surface area contributed by atoms with Crippen molar-refractivity contribution >= 4 is 17.7 Å². The highest BCUT2D eigenvalue weighted by Gasteiger charge is 2.57. The van der Waals surface area contributed by atoms with E-state index in [1.54, 1.807) is 7.11 Å². The number of hydrogen-bond donors (Lipinski definition) is 1. The number of benzene rings is 2. The third-order valence-electron chi connectivity index (χ3n) is 6.85. The minimum absolute atomic E-state index is 0.0840. The Morgan fingerprint density at radius 3 is 2.72 bits per heavy atom. The molecule has 0 radical (unpaired) electrons. The lowest BCUT2D eigenvalue weighted by atomic mass is 9.74. The highest BCUT2D eigenvalue weighted by Crippen LogP contribution is 2.52. The van der Waals surface area contributed by atoms with Gasteiger partial charge < -0.3 is 19.7 Å². The highest BCUT2D eigenvalue weighted by atomic mass is 16.5. The molecular formula is C27H34N2O3. The molecule has 5 nitrogen and oxygen atoms in total. The molecule has 0 spiro atoms. The maximum Gasteiger partial charge on any atom is 0.223 e. The van der Waals surface area contributed by atoms with E-state index in [9.17, 15) is 4.79 Å². The van der Waals surface area contributed by atoms with E-state index >= 15 is 0 Å². The maximum absolute atomic E-state index is 12.6. The maximum atomic E-state index is 12.6. The largest absolute Gasteiger partial charge is 0.493 e. The van der Waals surface area contributed by atoms with Crippen molar-refractivity contribution in [2.45, 2.75) is 58.0 Å². The number of carbonyl (C=O) groups is 1. The van der Waals surface area contributed by atoms with Crippen LogP contribution in [0.2, 0.25) is 0 Å². The summed E-state index contributed by atoms with van der Waals surface area (Å²) in [6.45, 7) is 10.1. The molecule has 32 heavy (non-hydrogen) atoms. The third kappa shape index (κ3) is 3.64. The van der Waals surface area contributed by atoms with Crippen LogP contribution in [-0.4, -0.2) is 31.8 Å². The van der Waals surface area contributed by atoms with E-state index in [4.69, 9.17) is 9.47 Å². The minimum Gasteiger partial charge on any atom is -0.493 e. The fourth-order valence-corrected chi connectivity index (χ4v) is 4.92. The second-order valence-corrected chi connectivity index (χ2v) is 9.31. The van der Waals surface area contributed by atoms with Gasteiger partial charge in [-0.2, -0.15) is 0 Å². The van der Waals surface area contributed by atoms with Crippen LogP contribution >= 0.6 is 0 Å². The van der Waals surface area contributed by atoms with Crippen LogP contribution < -0.4 is 19.7 Å². The van der Waals surface area contributed by atoms with Crippen molar-refractivity contribution in [2.24, 2.45) is 0 Å². The quantitative estimate of drug-likeness (QED) is 0.608. The van der Waals surface area contributed by atoms with Gasteiger partial charge >= 0.3 is 0 Å². The van der Waals surface area contributed by atoms with Crippen molar-refractivity contribution in [1.29, 1.82) is 0 Å². The molecule has 2 aliphatic rings. The number of ether oxygens (including phenoxy) is 2. The first-order chi connectivity index (χ1) is 15.3. The van der Waals surface area contributed by atoms with E-state index in [1.807, 2.05) is 18.2 Å². The Hall–Kier alpha value is -2.95. The van der Waals surface area contributed by atoms with Gasteiger partial charge in [0.2, 0.25) is 5.91 Å². The predicted octanol–water partition coefficient (Wildman–Crippen LogP) is 5.21. The second kappa shape index (κ2) is 8.53. The molecular weight excluding hydrogens is 400 g/mol. The summed E-state index contributed by atoms with van der Waals surface area (Å²) in [6, 6.07) is 12.6. The number of unbranched alkanes of at least 4 members (excludes halogenated alkanes) is 1. The first-order valence-electron chi connectivity index (χ1n) is 11.5. The number of anilines is 1. The van der Waals surface area contributed by atoms with Crippen molar-refractivity contribution < 1.29 is 14.3 Å². The smallest absolute Gasteiger partial charge is 0.223 e. The summed E-state index contributed by atoms with van der Waals surface area (Å²) in [5, 5.41) is 3.34. The van der Waals surface area contributed by atoms with Gasteiger partial charge in [-0.3, -0.25) is 4.79 Å². The number of nitrogens with one attached hydrogen (secondary N) is 1. The molecule has 0 aromatic heterocycles. The summed E-state index contributed by atoms with van der Waals surface area (Å²) in [4.78, 5) is 14.9. The molecule has 2 aliphatic heterocycles. The molecule has 1 fully saturated rings. The standard InChI is InChI=1S/C27H34N2O3/c1-6-7-16-32-23-11-9-20(18-24(23)31-5)12-14-27-26(3,4)21-17-19(2)8-10-22(21)29(27)15-13-25(30)28-27/h8-12,14,17-18H,6-7,13,15-16H2,1-5H3,(H,28,30)/b14-12+/t27-/m1/s1. The summed E-state index contributed by atoms with van der Waals surface area (Å²) < 4.78 is 11.4. The predicted molar refractivity (Wildman–Crippen MR) is 129 cm³/mol. The lowest BCUT2D eigenvalue weighted by Crippen LogP contribution is -2.68. The van der Waals surface area contributed by atoms with Gasteiger partial charge in [0.05, 0.1) is 13.7 Å². The van der Waals surface area contributed by atoms with Crippen molar-refractivity contribution in [3.63, 3.8) is 0 Å². The van der Waals surface area contributed by atoms with Crippen LogP contribution in [0.25, 0.3) is 6.08 Å². The Bertz CT molecular complexity index is 1040. The van der Waals surface area contributed by atoms with Gasteiger partial charge in [-0.25, -0.2) is 0 Å². The molecule has 0 unspecified atom stereocenters. The van der Waals surface area contributed by atoms with Crippen molar-refractivity contribution in [3.05, 3.63) is 59.2 Å². The van der Waals surface area contributed by atoms with Crippen LogP contribution in [-0.2, 0) is 10.2 Å². The lowest BCUT2D eigenvalue weighted by molar-refractivity contribution is -0.124. The molecule has 2 aromatic rings. The molecule has 0 bridgehead atoms. The average Bonchev–Trinajstić information content (AvgIpc) is 2.96. The number of methoxy groups -OCH3 is 1. The lowest BCUT2D eigenvalue weighted by Gasteiger charge is -2.49. The summed E-state index contributed by atoms with van der Waals surface area (Å²) in [5.41, 5.74) is 3.77. The van der Waals surface area contributed by atoms with E-state index in [2.05, 4.69) is 68.3 Å². The van der Waals surface area contributed by atoms with Gasteiger partial charge in [-0.15, -0.1) is 0 Å². The number of nitrogens with zero attached hydrogens (tertiary/aromatic N) is 1. The molecule has 5 heteroatoms. The summed E-state index contributed by atoms with van der Waals surface area (Å²) in [5.74, 6) is 1.56. The van der Waals surface area contributed by atoms with Crippen LogP contribution in [0.15, 0.2) is 42.5 Å². The number of carbonyl (C=O) groups excluding carboxylic acids is 1. The van der Waals surface area contributed by atoms with Gasteiger partial charge in [-0.1, -0.05) is 57.0 Å². The third-order valence-corrected chi connectivity index (χ3v) is 6.85. The summed E-state index contributed by atoms with van der Waals surface area (Å²) >= 11 is 0. The first kappa shape index (κ1) is 22.3. The van der Waals surface area contributed by atoms with E-state index in [0.29, 0.717) is 19.6 Å². The van der Waals surface area contributed by atoms with Crippen molar-refractivity contribution in [2.75, 3.05) is 25.2 Å². The van der Waals surface area contributed by atoms with Crippen molar-refractivity contribution in [1.82, 2.24) is 5.32 Å². The molecule has 2 aromatic carbocycles. The van der Waals surface area contributed by atoms with E-state index < -0.39 is 5.66 Å². The van der Waals surface area contributed by atoms with E-state index in [0.717, 1.165) is 29.9 Å². The highest BCUT2D eigenvalue weighted by molar-refractivity contribution is 5.84. The number of amides is 1. The zero-order valence-corrected chi connectivity index (χ0v) is 19.8. The zero-order chi connectivity index (χ0) is 22.9. The Morgan fingerprint density at radius 2 is 1.97 bits per heavy atom. The minimum atomic E-state index is -0.623. The summed E-state index contributed by atoms with van der Waals surface area (Å²) in [6.07, 6.45) is 6.82. The van der Waals surface area contributed by atoms with Crippen LogP contribution in [0, 0.1) is 6.92 Å². The fraction of sp³-hybridized carbons (Fsp3) is 0.444. The fourth-order valence-electron chi connectivity index (χ4n) is 4.92. The average molecular weight is 435 g/mol. The molecule has 1 amide bonds. The van der Waals surface area contributed by atoms with Crippen LogP contribution in [0.5, 0.6) is 11.5 Å². The van der Waals surface area contributed by atoms with Crippen molar-refractivity contribution in [3.8, 4) is 11.5 Å². The normalized spacial score (nSPS) is 21.3. The molecule has 1 N–H and O–H groups in total. The molecule has 0 saturated carbocycles. The van der Waals surface area contributed by atoms with Gasteiger partial charge in [0.25, 0.3) is 0 Å². The molecule has 4 rings (SSSR count). The molecule has 1 atom stereocenters. The molecule has 170 valence electrons. The zero-order valence-electron chi connectivity index (χ0n) is 19.8.